The maximum atomic E-state index is 14.4. The topological polar surface area (TPSA) is 91.7 Å². The number of benzene rings is 3. The average molecular weight is 567 g/mol. The highest BCUT2D eigenvalue weighted by Gasteiger charge is 2.68. The van der Waals surface area contributed by atoms with Crippen LogP contribution in [0.2, 0.25) is 10.0 Å². The summed E-state index contributed by atoms with van der Waals surface area (Å²) in [6.07, 6.45) is 4.67. The lowest BCUT2D eigenvalue weighted by atomic mass is 9.47. The van der Waals surface area contributed by atoms with Gasteiger partial charge in [0.2, 0.25) is 11.8 Å². The van der Waals surface area contributed by atoms with Crippen molar-refractivity contribution in [2.45, 2.75) is 11.3 Å². The smallest absolute Gasteiger partial charge is 0.271 e. The number of rotatable bonds is 4. The van der Waals surface area contributed by atoms with Crippen LogP contribution in [0.5, 0.6) is 0 Å². The number of hydrazone groups is 1. The molecular formula is C31H20Cl2N4O3. The van der Waals surface area contributed by atoms with E-state index in [1.165, 1.54) is 23.4 Å². The van der Waals surface area contributed by atoms with Crippen LogP contribution in [0.4, 0.5) is 5.69 Å². The fourth-order valence-electron chi connectivity index (χ4n) is 6.71. The van der Waals surface area contributed by atoms with Crippen LogP contribution in [0.1, 0.15) is 38.5 Å². The highest BCUT2D eigenvalue weighted by molar-refractivity contribution is 6.38. The van der Waals surface area contributed by atoms with Crippen molar-refractivity contribution in [2.75, 3.05) is 4.90 Å². The first-order valence-corrected chi connectivity index (χ1v) is 13.5. The molecule has 1 saturated heterocycles. The zero-order valence-corrected chi connectivity index (χ0v) is 22.3. The van der Waals surface area contributed by atoms with Gasteiger partial charge in [-0.1, -0.05) is 71.7 Å². The number of hydrogen-bond donors (Lipinski definition) is 1. The molecule has 1 aliphatic heterocycles. The van der Waals surface area contributed by atoms with Crippen LogP contribution in [-0.4, -0.2) is 28.9 Å². The number of hydrogen-bond acceptors (Lipinski definition) is 5. The van der Waals surface area contributed by atoms with Gasteiger partial charge in [0.25, 0.3) is 5.91 Å². The Labute approximate surface area is 239 Å². The van der Waals surface area contributed by atoms with Crippen LogP contribution >= 0.6 is 23.2 Å². The van der Waals surface area contributed by atoms with Gasteiger partial charge in [0.05, 0.1) is 28.0 Å². The standard InChI is InChI=1S/C31H20Cl2N4O3/c32-18-9-10-24(23(33)15-18)37-29(39)26-25-19-5-1-3-7-21(19)31(27(26)30(37)40,22-8-4-2-6-20(22)25)16-35-36-28(38)17-11-13-34-14-12-17/h1-16,25-27H,(H,36,38)/b35-16-/t25?,26-,27+,31?/m1/s1. The Hall–Kier alpha value is -4.33. The fraction of sp³-hybridized carbons (Fsp3) is 0.129. The molecular weight excluding hydrogens is 547 g/mol. The molecule has 40 heavy (non-hydrogen) atoms. The van der Waals surface area contributed by atoms with Gasteiger partial charge in [-0.15, -0.1) is 0 Å². The summed E-state index contributed by atoms with van der Waals surface area (Å²) in [7, 11) is 0. The fourth-order valence-corrected chi connectivity index (χ4v) is 7.20. The van der Waals surface area contributed by atoms with Crippen LogP contribution < -0.4 is 10.3 Å². The summed E-state index contributed by atoms with van der Waals surface area (Å²) in [6, 6.07) is 23.5. The number of amides is 3. The van der Waals surface area contributed by atoms with Crippen molar-refractivity contribution in [2.24, 2.45) is 16.9 Å². The largest absolute Gasteiger partial charge is 0.274 e. The molecule has 3 aliphatic carbocycles. The van der Waals surface area contributed by atoms with Gasteiger partial charge in [-0.25, -0.2) is 10.3 Å². The molecule has 2 bridgehead atoms. The minimum Gasteiger partial charge on any atom is -0.274 e. The van der Waals surface area contributed by atoms with Crippen molar-refractivity contribution in [1.82, 2.24) is 10.4 Å². The molecule has 2 atom stereocenters. The summed E-state index contributed by atoms with van der Waals surface area (Å²) in [5.74, 6) is -2.94. The molecule has 0 unspecified atom stereocenters. The summed E-state index contributed by atoms with van der Waals surface area (Å²) >= 11 is 12.6. The van der Waals surface area contributed by atoms with Gasteiger partial charge in [-0.05, 0) is 52.6 Å². The van der Waals surface area contributed by atoms with Crippen molar-refractivity contribution >= 4 is 52.8 Å². The van der Waals surface area contributed by atoms with Crippen molar-refractivity contribution in [3.8, 4) is 0 Å². The van der Waals surface area contributed by atoms with E-state index in [4.69, 9.17) is 23.2 Å². The van der Waals surface area contributed by atoms with E-state index in [1.54, 1.807) is 30.5 Å². The molecule has 0 spiro atoms. The first kappa shape index (κ1) is 24.7. The number of nitrogens with zero attached hydrogens (tertiary/aromatic N) is 3. The summed E-state index contributed by atoms with van der Waals surface area (Å²) < 4.78 is 0. The lowest BCUT2D eigenvalue weighted by molar-refractivity contribution is -0.122. The molecule has 196 valence electrons. The molecule has 0 radical (unpaired) electrons. The molecule has 8 rings (SSSR count). The van der Waals surface area contributed by atoms with E-state index in [0.717, 1.165) is 22.3 Å². The molecule has 4 aliphatic rings. The van der Waals surface area contributed by atoms with Crippen LogP contribution in [0.3, 0.4) is 0 Å². The number of carbonyl (C=O) groups is 3. The second kappa shape index (κ2) is 9.11. The van der Waals surface area contributed by atoms with E-state index in [-0.39, 0.29) is 22.8 Å². The Balaban J connectivity index is 1.42. The zero-order valence-electron chi connectivity index (χ0n) is 20.8. The van der Waals surface area contributed by atoms with E-state index >= 15 is 0 Å². The minimum absolute atomic E-state index is 0.211. The van der Waals surface area contributed by atoms with Crippen molar-refractivity contribution in [1.29, 1.82) is 0 Å². The van der Waals surface area contributed by atoms with Crippen LogP contribution in [0, 0.1) is 11.8 Å². The predicted molar refractivity (Wildman–Crippen MR) is 152 cm³/mol. The van der Waals surface area contributed by atoms with Gasteiger partial charge in [0.1, 0.15) is 0 Å². The number of halogens is 2. The highest BCUT2D eigenvalue weighted by atomic mass is 35.5. The van der Waals surface area contributed by atoms with Gasteiger partial charge in [-0.3, -0.25) is 19.4 Å². The Morgan fingerprint density at radius 2 is 1.55 bits per heavy atom. The van der Waals surface area contributed by atoms with E-state index in [9.17, 15) is 14.4 Å². The molecule has 9 heteroatoms. The van der Waals surface area contributed by atoms with E-state index in [0.29, 0.717) is 16.3 Å². The highest BCUT2D eigenvalue weighted by Crippen LogP contribution is 2.63. The molecule has 2 heterocycles. The Morgan fingerprint density at radius 1 is 0.900 bits per heavy atom. The van der Waals surface area contributed by atoms with Crippen molar-refractivity contribution in [3.63, 3.8) is 0 Å². The number of carbonyl (C=O) groups excluding carboxylic acids is 3. The maximum absolute atomic E-state index is 14.4. The first-order chi connectivity index (χ1) is 19.4. The maximum Gasteiger partial charge on any atom is 0.271 e. The third-order valence-electron chi connectivity index (χ3n) is 8.21. The van der Waals surface area contributed by atoms with Crippen LogP contribution in [-0.2, 0) is 15.0 Å². The molecule has 0 saturated carbocycles. The normalized spacial score (nSPS) is 24.1. The van der Waals surface area contributed by atoms with E-state index in [2.05, 4.69) is 15.5 Å². The number of nitrogens with one attached hydrogen (secondary N) is 1. The van der Waals surface area contributed by atoms with Crippen LogP contribution in [0.15, 0.2) is 96.4 Å². The quantitative estimate of drug-likeness (QED) is 0.204. The third-order valence-corrected chi connectivity index (χ3v) is 8.75. The molecule has 3 amide bonds. The third kappa shape index (κ3) is 3.34. The average Bonchev–Trinajstić information content (AvgIpc) is 3.24. The summed E-state index contributed by atoms with van der Waals surface area (Å²) in [5, 5.41) is 5.03. The first-order valence-electron chi connectivity index (χ1n) is 12.7. The molecule has 3 aromatic carbocycles. The molecule has 1 aromatic heterocycles. The molecule has 1 fully saturated rings. The van der Waals surface area contributed by atoms with Crippen LogP contribution in [0.25, 0.3) is 0 Å². The van der Waals surface area contributed by atoms with Gasteiger partial charge < -0.3 is 0 Å². The minimum atomic E-state index is -1.11. The van der Waals surface area contributed by atoms with Gasteiger partial charge in [0, 0.05) is 35.1 Å². The number of aromatic nitrogens is 1. The Morgan fingerprint density at radius 3 is 2.20 bits per heavy atom. The lowest BCUT2D eigenvalue weighted by Gasteiger charge is -2.52. The zero-order chi connectivity index (χ0) is 27.6. The number of imide groups is 1. The summed E-state index contributed by atoms with van der Waals surface area (Å²) in [5.41, 5.74) is 5.86. The molecule has 7 nitrogen and oxygen atoms in total. The molecule has 1 N–H and O–H groups in total. The lowest BCUT2D eigenvalue weighted by Crippen LogP contribution is -2.54. The summed E-state index contributed by atoms with van der Waals surface area (Å²) in [4.78, 5) is 46.5. The van der Waals surface area contributed by atoms with E-state index < -0.39 is 23.2 Å². The SMILES string of the molecule is O=C(N/N=C\C12c3ccccc3C(c3ccccc31)[C@H]1C(=O)N(c3ccc(Cl)cc3Cl)C(=O)[C@H]12)c1ccncc1. The van der Waals surface area contributed by atoms with Crippen molar-refractivity contribution in [3.05, 3.63) is 129 Å². The van der Waals surface area contributed by atoms with Gasteiger partial charge in [-0.2, -0.15) is 5.10 Å². The van der Waals surface area contributed by atoms with Gasteiger partial charge in [0.15, 0.2) is 0 Å². The van der Waals surface area contributed by atoms with Gasteiger partial charge >= 0.3 is 0 Å². The van der Waals surface area contributed by atoms with E-state index in [1.807, 2.05) is 48.5 Å². The second-order valence-corrected chi connectivity index (χ2v) is 10.9. The Bertz CT molecular complexity index is 1710. The predicted octanol–water partition coefficient (Wildman–Crippen LogP) is 5.36. The molecule has 4 aromatic rings. The number of pyridine rings is 1. The second-order valence-electron chi connectivity index (χ2n) is 10.1. The summed E-state index contributed by atoms with van der Waals surface area (Å²) in [6.45, 7) is 0. The van der Waals surface area contributed by atoms with Crippen molar-refractivity contribution < 1.29 is 14.4 Å². The Kier molecular flexibility index (Phi) is 5.63. The monoisotopic (exact) mass is 566 g/mol. The number of anilines is 1.